The molecule has 58 heavy (non-hydrogen) atoms. The van der Waals surface area contributed by atoms with Gasteiger partial charge in [0.1, 0.15) is 28.8 Å². The number of fused-ring (bicyclic) bond motifs is 1. The number of carbonyl (C=O) groups excluding carboxylic acids is 3. The van der Waals surface area contributed by atoms with Crippen molar-refractivity contribution in [2.45, 2.75) is 155 Å². The number of hydrogen-bond donors (Lipinski definition) is 2. The Hall–Kier alpha value is -3.06. The predicted molar refractivity (Wildman–Crippen MR) is 220 cm³/mol. The number of likely N-dealkylation sites (N-methyl/N-ethyl adjacent to an activating group) is 1. The molecule has 0 aromatic carbocycles. The maximum absolute atomic E-state index is 14.4. The summed E-state index contributed by atoms with van der Waals surface area (Å²) in [5.74, 6) is -3.18. The van der Waals surface area contributed by atoms with Crippen molar-refractivity contribution < 1.29 is 43.2 Å². The number of aliphatic hydroxyl groups is 1. The van der Waals surface area contributed by atoms with Gasteiger partial charge in [-0.1, -0.05) is 32.9 Å². The van der Waals surface area contributed by atoms with Crippen molar-refractivity contribution in [2.24, 2.45) is 17.8 Å². The smallest absolute Gasteiger partial charge is 0.410 e. The standard InChI is InChI=1S/C41H69N7O9S/c1-13-30(46(10)11)33(50)38(54-15-3)56-35-26(5)32(49)27(6)37(51)55-31(14-2)41(9)34(28(7)43-23-25(4)22-40(35,8)53-12)48(39(52)57-41)20-17-16-19-47-24-29(44-45-47)36-42-18-21-58-36/h18,21,24-28,30-31,33-35,38,43,50H,13-17,19-20,22-23H2,1-12H3/t25-,26+,27-,28-,30?,31-,33?,34-,35-,38+,40-,41-/m1/s1. The first-order valence-corrected chi connectivity index (χ1v) is 21.8. The van der Waals surface area contributed by atoms with Crippen molar-refractivity contribution in [2.75, 3.05) is 40.9 Å². The number of rotatable bonds is 16. The Labute approximate surface area is 348 Å². The summed E-state index contributed by atoms with van der Waals surface area (Å²) in [5.41, 5.74) is -1.56. The predicted octanol–water partition coefficient (Wildman–Crippen LogP) is 4.80. The van der Waals surface area contributed by atoms with Crippen LogP contribution in [0.1, 0.15) is 94.4 Å². The molecule has 2 fully saturated rings. The van der Waals surface area contributed by atoms with Gasteiger partial charge < -0.3 is 39.0 Å². The van der Waals surface area contributed by atoms with E-state index >= 15 is 0 Å². The van der Waals surface area contributed by atoms with Crippen LogP contribution in [-0.2, 0) is 39.8 Å². The van der Waals surface area contributed by atoms with E-state index in [0.29, 0.717) is 45.3 Å². The molecule has 12 atom stereocenters. The molecule has 1 amide bonds. The van der Waals surface area contributed by atoms with Crippen LogP contribution in [0.25, 0.3) is 10.7 Å². The van der Waals surface area contributed by atoms with E-state index in [-0.39, 0.29) is 24.6 Å². The first kappa shape index (κ1) is 47.6. The number of unbranched alkanes of at least 4 members (excludes halogenated alkanes) is 1. The van der Waals surface area contributed by atoms with E-state index in [1.165, 1.54) is 18.3 Å². The minimum Gasteiger partial charge on any atom is -0.458 e. The van der Waals surface area contributed by atoms with Gasteiger partial charge in [-0.05, 0) is 93.3 Å². The van der Waals surface area contributed by atoms with Crippen molar-refractivity contribution in [3.63, 3.8) is 0 Å². The van der Waals surface area contributed by atoms with Crippen molar-refractivity contribution in [1.82, 2.24) is 35.1 Å². The highest BCUT2D eigenvalue weighted by Crippen LogP contribution is 2.40. The summed E-state index contributed by atoms with van der Waals surface area (Å²) in [7, 11) is 5.36. The number of methoxy groups -OCH3 is 1. The number of cyclic esters (lactones) is 1. The van der Waals surface area contributed by atoms with E-state index in [0.717, 1.165) is 17.1 Å². The molecule has 2 unspecified atom stereocenters. The molecule has 328 valence electrons. The van der Waals surface area contributed by atoms with Crippen LogP contribution in [0.3, 0.4) is 0 Å². The normalized spacial score (nSPS) is 31.9. The molecule has 16 nitrogen and oxygen atoms in total. The Balaban J connectivity index is 1.62. The van der Waals surface area contributed by atoms with Gasteiger partial charge in [-0.3, -0.25) is 19.2 Å². The number of aromatic nitrogens is 4. The number of nitrogens with one attached hydrogen (secondary N) is 1. The second kappa shape index (κ2) is 21.0. The summed E-state index contributed by atoms with van der Waals surface area (Å²) in [5, 5.41) is 26.5. The summed E-state index contributed by atoms with van der Waals surface area (Å²) in [6, 6.07) is -1.08. The molecule has 17 heteroatoms. The van der Waals surface area contributed by atoms with E-state index in [2.05, 4.69) is 27.5 Å². The maximum Gasteiger partial charge on any atom is 0.410 e. The van der Waals surface area contributed by atoms with Gasteiger partial charge >= 0.3 is 12.1 Å². The lowest BCUT2D eigenvalue weighted by molar-refractivity contribution is -0.265. The van der Waals surface area contributed by atoms with Gasteiger partial charge in [-0.15, -0.1) is 16.4 Å². The van der Waals surface area contributed by atoms with Crippen LogP contribution in [0.15, 0.2) is 17.8 Å². The number of hydrogen-bond acceptors (Lipinski definition) is 15. The van der Waals surface area contributed by atoms with E-state index < -0.39 is 71.5 Å². The Morgan fingerprint density at radius 3 is 2.41 bits per heavy atom. The third kappa shape index (κ3) is 10.8. The molecule has 4 rings (SSSR count). The highest BCUT2D eigenvalue weighted by molar-refractivity contribution is 7.13. The van der Waals surface area contributed by atoms with E-state index in [9.17, 15) is 19.5 Å². The van der Waals surface area contributed by atoms with Gasteiger partial charge in [0.15, 0.2) is 17.7 Å². The molecular formula is C41H69N7O9S. The van der Waals surface area contributed by atoms with Crippen molar-refractivity contribution in [3.05, 3.63) is 17.8 Å². The summed E-state index contributed by atoms with van der Waals surface area (Å²) >= 11 is 1.50. The fourth-order valence-electron chi connectivity index (χ4n) is 8.89. The highest BCUT2D eigenvalue weighted by Gasteiger charge is 2.58. The number of ether oxygens (including phenoxy) is 5. The van der Waals surface area contributed by atoms with Crippen molar-refractivity contribution in [1.29, 1.82) is 0 Å². The second-order valence-electron chi connectivity index (χ2n) is 16.7. The number of nitrogens with zero attached hydrogens (tertiary/aromatic N) is 6. The Morgan fingerprint density at radius 1 is 1.10 bits per heavy atom. The quantitative estimate of drug-likeness (QED) is 0.102. The van der Waals surface area contributed by atoms with Crippen LogP contribution in [0.4, 0.5) is 4.79 Å². The lowest BCUT2D eigenvalue weighted by Crippen LogP contribution is -2.61. The van der Waals surface area contributed by atoms with Gasteiger partial charge in [-0.25, -0.2) is 9.78 Å². The molecule has 0 radical (unpaired) electrons. The molecule has 0 bridgehead atoms. The van der Waals surface area contributed by atoms with E-state index in [1.807, 2.05) is 72.1 Å². The van der Waals surface area contributed by atoms with Crippen molar-refractivity contribution >= 4 is 29.2 Å². The van der Waals surface area contributed by atoms with E-state index in [1.54, 1.807) is 29.8 Å². The fourth-order valence-corrected chi connectivity index (χ4v) is 9.48. The maximum atomic E-state index is 14.4. The second-order valence-corrected chi connectivity index (χ2v) is 17.6. The van der Waals surface area contributed by atoms with Gasteiger partial charge in [0.05, 0.1) is 23.9 Å². The number of aliphatic hydroxyl groups excluding tert-OH is 1. The Bertz CT molecular complexity index is 1610. The molecule has 4 heterocycles. The van der Waals surface area contributed by atoms with Crippen LogP contribution < -0.4 is 5.32 Å². The summed E-state index contributed by atoms with van der Waals surface area (Å²) < 4.78 is 33.2. The lowest BCUT2D eigenvalue weighted by atomic mass is 9.78. The molecule has 2 saturated heterocycles. The zero-order valence-electron chi connectivity index (χ0n) is 36.7. The summed E-state index contributed by atoms with van der Waals surface area (Å²) in [6.07, 6.45) is 2.07. The molecule has 0 saturated carbocycles. The number of amides is 1. The highest BCUT2D eigenvalue weighted by atomic mass is 32.1. The zero-order chi connectivity index (χ0) is 42.9. The van der Waals surface area contributed by atoms with Crippen LogP contribution >= 0.6 is 11.3 Å². The van der Waals surface area contributed by atoms with Crippen LogP contribution in [-0.4, -0.2) is 148 Å². The number of esters is 1. The zero-order valence-corrected chi connectivity index (χ0v) is 37.5. The molecular weight excluding hydrogens is 767 g/mol. The first-order valence-electron chi connectivity index (χ1n) is 20.9. The number of ketones is 1. The minimum atomic E-state index is -1.23. The average molecular weight is 836 g/mol. The monoisotopic (exact) mass is 835 g/mol. The van der Waals surface area contributed by atoms with Crippen LogP contribution in [0, 0.1) is 17.8 Å². The van der Waals surface area contributed by atoms with Crippen LogP contribution in [0.2, 0.25) is 0 Å². The lowest BCUT2D eigenvalue weighted by Gasteiger charge is -2.44. The summed E-state index contributed by atoms with van der Waals surface area (Å²) in [6.45, 7) is 18.6. The number of aryl methyl sites for hydroxylation is 1. The largest absolute Gasteiger partial charge is 0.458 e. The van der Waals surface area contributed by atoms with Gasteiger partial charge in [0.25, 0.3) is 0 Å². The molecule has 2 aliphatic rings. The Kier molecular flexibility index (Phi) is 17.2. The number of Topliss-reactive ketones (excluding diaryl/α,β-unsaturated/α-hetero) is 1. The molecule has 0 spiro atoms. The third-order valence-electron chi connectivity index (χ3n) is 12.1. The average Bonchev–Trinajstić information content (AvgIpc) is 3.95. The van der Waals surface area contributed by atoms with Crippen molar-refractivity contribution in [3.8, 4) is 10.7 Å². The van der Waals surface area contributed by atoms with E-state index in [4.69, 9.17) is 23.7 Å². The number of thiazole rings is 1. The summed E-state index contributed by atoms with van der Waals surface area (Å²) in [4.78, 5) is 50.2. The topological polar surface area (TPSA) is 180 Å². The molecule has 2 aromatic heterocycles. The third-order valence-corrected chi connectivity index (χ3v) is 12.9. The first-order chi connectivity index (χ1) is 27.5. The van der Waals surface area contributed by atoms with Gasteiger partial charge in [0, 0.05) is 56.4 Å². The van der Waals surface area contributed by atoms with Gasteiger partial charge in [0.2, 0.25) is 0 Å². The SMILES string of the molecule is CCO[C@@H](O[C@@H]1[C@@H](C)C(=O)[C@@H](C)C(=O)O[C@H](CC)[C@@]2(C)OC(=O)N(CCCCn3cc(-c4nccs4)nn3)[C@@H]2[C@@H](C)NC[C@H](C)C[C@@]1(C)OC)C(O)C(CC)N(C)C. The molecule has 0 aliphatic carbocycles. The molecule has 2 aromatic rings. The fraction of sp³-hybridized carbons (Fsp3) is 0.805. The Morgan fingerprint density at radius 2 is 1.81 bits per heavy atom. The van der Waals surface area contributed by atoms with Crippen LogP contribution in [0.5, 0.6) is 0 Å². The molecule has 2 aliphatic heterocycles. The minimum absolute atomic E-state index is 0.0153. The molecule has 2 N–H and O–H groups in total. The van der Waals surface area contributed by atoms with Gasteiger partial charge in [-0.2, -0.15) is 0 Å². The number of carbonyl (C=O) groups is 3.